The summed E-state index contributed by atoms with van der Waals surface area (Å²) in [6.45, 7) is 2.47. The Morgan fingerprint density at radius 3 is 2.00 bits per heavy atom. The molecule has 0 unspecified atom stereocenters. The van der Waals surface area contributed by atoms with Crippen LogP contribution in [0.25, 0.3) is 0 Å². The number of hydrogen-bond donors (Lipinski definition) is 5. The highest BCUT2D eigenvalue weighted by Gasteiger charge is 2.23. The molecule has 6 heteroatoms. The van der Waals surface area contributed by atoms with E-state index < -0.39 is 6.10 Å². The smallest absolute Gasteiger partial charge is 0.106 e. The molecule has 2 atom stereocenters. The van der Waals surface area contributed by atoms with E-state index in [0.717, 1.165) is 12.2 Å². The molecule has 6 nitrogen and oxygen atoms in total. The van der Waals surface area contributed by atoms with Gasteiger partial charge in [0.1, 0.15) is 6.10 Å². The van der Waals surface area contributed by atoms with E-state index in [-0.39, 0.29) is 13.2 Å². The monoisotopic (exact) mass is 362 g/mol. The van der Waals surface area contributed by atoms with Crippen molar-refractivity contribution in [3.8, 4) is 0 Å². The highest BCUT2D eigenvalue weighted by Crippen LogP contribution is 2.28. The Hall–Kier alpha value is -1.80. The van der Waals surface area contributed by atoms with Crippen molar-refractivity contribution in [3.63, 3.8) is 0 Å². The number of hydrogen-bond acceptors (Lipinski definition) is 6. The molecule has 1 saturated heterocycles. The first-order valence-electron chi connectivity index (χ1n) is 8.75. The summed E-state index contributed by atoms with van der Waals surface area (Å²) in [5.41, 5.74) is 6.98. The van der Waals surface area contributed by atoms with E-state index in [1.54, 1.807) is 0 Å². The molecule has 0 spiro atoms. The molecule has 1 heterocycles. The maximum Gasteiger partial charge on any atom is 0.106 e. The largest absolute Gasteiger partial charge is 0.395 e. The zero-order chi connectivity index (χ0) is 19.0. The lowest BCUT2D eigenvalue weighted by atomic mass is 10.1. The molecular formula is C20H30N2O4. The SMILES string of the molecule is NCCO.OCCNC[C@@H](O)c1ccccc1.c1ccc([C@@H]2CO2)cc1. The maximum absolute atomic E-state index is 9.60. The van der Waals surface area contributed by atoms with E-state index in [2.05, 4.69) is 17.4 Å². The minimum Gasteiger partial charge on any atom is -0.395 e. The summed E-state index contributed by atoms with van der Waals surface area (Å²) < 4.78 is 5.09. The van der Waals surface area contributed by atoms with Gasteiger partial charge in [-0.3, -0.25) is 0 Å². The van der Waals surface area contributed by atoms with Crippen LogP contribution in [0.5, 0.6) is 0 Å². The van der Waals surface area contributed by atoms with Crippen molar-refractivity contribution >= 4 is 0 Å². The summed E-state index contributed by atoms with van der Waals surface area (Å²) in [6.07, 6.45) is -0.0843. The quantitative estimate of drug-likeness (QED) is 0.371. The van der Waals surface area contributed by atoms with Crippen LogP contribution in [0.1, 0.15) is 23.3 Å². The fourth-order valence-corrected chi connectivity index (χ4v) is 2.02. The van der Waals surface area contributed by atoms with Crippen LogP contribution in [0.3, 0.4) is 0 Å². The molecule has 1 fully saturated rings. The lowest BCUT2D eigenvalue weighted by Gasteiger charge is -2.10. The van der Waals surface area contributed by atoms with Crippen molar-refractivity contribution in [3.05, 3.63) is 71.8 Å². The van der Waals surface area contributed by atoms with Crippen LogP contribution in [-0.4, -0.2) is 54.8 Å². The van der Waals surface area contributed by atoms with Crippen molar-refractivity contribution in [2.75, 3.05) is 39.5 Å². The third-order valence-electron chi connectivity index (χ3n) is 3.44. The summed E-state index contributed by atoms with van der Waals surface area (Å²) >= 11 is 0. The molecule has 144 valence electrons. The van der Waals surface area contributed by atoms with Gasteiger partial charge in [-0.15, -0.1) is 0 Å². The molecule has 0 bridgehead atoms. The van der Waals surface area contributed by atoms with Crippen LogP contribution < -0.4 is 11.1 Å². The molecular weight excluding hydrogens is 332 g/mol. The van der Waals surface area contributed by atoms with Gasteiger partial charge in [-0.25, -0.2) is 0 Å². The second-order valence-corrected chi connectivity index (χ2v) is 5.60. The maximum atomic E-state index is 9.60. The standard InChI is InChI=1S/C10H15NO2.C8H8O.C2H7NO/c12-7-6-11-8-10(13)9-4-2-1-3-5-9;1-2-4-7(5-3-1)8-6-9-8;3-1-2-4/h1-5,10-13H,6-8H2;1-5,8H,6H2;4H,1-3H2/t10-;8-;/m10./s1. The van der Waals surface area contributed by atoms with E-state index in [1.807, 2.05) is 48.5 Å². The van der Waals surface area contributed by atoms with Gasteiger partial charge in [0, 0.05) is 19.6 Å². The van der Waals surface area contributed by atoms with Crippen molar-refractivity contribution in [1.29, 1.82) is 0 Å². The molecule has 0 aromatic heterocycles. The first-order valence-corrected chi connectivity index (χ1v) is 8.75. The topological polar surface area (TPSA) is 111 Å². The molecule has 0 radical (unpaired) electrons. The molecule has 2 aromatic rings. The van der Waals surface area contributed by atoms with E-state index in [4.69, 9.17) is 20.7 Å². The molecule has 6 N–H and O–H groups in total. The minimum atomic E-state index is -0.493. The number of benzene rings is 2. The Bertz CT molecular complexity index is 548. The molecule has 1 aliphatic rings. The fraction of sp³-hybridized carbons (Fsp3) is 0.400. The van der Waals surface area contributed by atoms with Gasteiger partial charge in [0.2, 0.25) is 0 Å². The van der Waals surface area contributed by atoms with Gasteiger partial charge >= 0.3 is 0 Å². The van der Waals surface area contributed by atoms with Crippen molar-refractivity contribution in [2.45, 2.75) is 12.2 Å². The number of rotatable bonds is 7. The van der Waals surface area contributed by atoms with Gasteiger partial charge in [-0.05, 0) is 11.1 Å². The van der Waals surface area contributed by atoms with Crippen LogP contribution in [0.2, 0.25) is 0 Å². The highest BCUT2D eigenvalue weighted by molar-refractivity contribution is 5.20. The average molecular weight is 362 g/mol. The lowest BCUT2D eigenvalue weighted by molar-refractivity contribution is 0.171. The highest BCUT2D eigenvalue weighted by atomic mass is 16.6. The van der Waals surface area contributed by atoms with Gasteiger partial charge in [0.15, 0.2) is 0 Å². The van der Waals surface area contributed by atoms with Crippen LogP contribution in [0, 0.1) is 0 Å². The van der Waals surface area contributed by atoms with Gasteiger partial charge in [-0.2, -0.15) is 0 Å². The van der Waals surface area contributed by atoms with Gasteiger partial charge in [-0.1, -0.05) is 60.7 Å². The summed E-state index contributed by atoms with van der Waals surface area (Å²) in [6, 6.07) is 19.7. The summed E-state index contributed by atoms with van der Waals surface area (Å²) in [5.74, 6) is 0. The molecule has 26 heavy (non-hydrogen) atoms. The van der Waals surface area contributed by atoms with Crippen molar-refractivity contribution in [2.24, 2.45) is 5.73 Å². The number of epoxide rings is 1. The third kappa shape index (κ3) is 10.2. The molecule has 1 aliphatic heterocycles. The first-order chi connectivity index (χ1) is 12.7. The van der Waals surface area contributed by atoms with Crippen LogP contribution in [-0.2, 0) is 4.74 Å². The van der Waals surface area contributed by atoms with E-state index in [9.17, 15) is 5.11 Å². The predicted octanol–water partition coefficient (Wildman–Crippen LogP) is 0.997. The zero-order valence-electron chi connectivity index (χ0n) is 15.0. The molecule has 0 amide bonds. The van der Waals surface area contributed by atoms with E-state index >= 15 is 0 Å². The zero-order valence-corrected chi connectivity index (χ0v) is 15.0. The van der Waals surface area contributed by atoms with Crippen LogP contribution in [0.4, 0.5) is 0 Å². The third-order valence-corrected chi connectivity index (χ3v) is 3.44. The first kappa shape index (κ1) is 22.2. The summed E-state index contributed by atoms with van der Waals surface area (Å²) in [7, 11) is 0. The van der Waals surface area contributed by atoms with Gasteiger partial charge in [0.05, 0.1) is 25.9 Å². The Labute approximate surface area is 155 Å². The Morgan fingerprint density at radius 2 is 1.54 bits per heavy atom. The Morgan fingerprint density at radius 1 is 1.00 bits per heavy atom. The van der Waals surface area contributed by atoms with Crippen LogP contribution >= 0.6 is 0 Å². The molecule has 0 saturated carbocycles. The number of nitrogens with one attached hydrogen (secondary N) is 1. The number of ether oxygens (including phenoxy) is 1. The Balaban J connectivity index is 0.000000224. The van der Waals surface area contributed by atoms with E-state index in [0.29, 0.717) is 25.7 Å². The van der Waals surface area contributed by atoms with Gasteiger partial charge in [0.25, 0.3) is 0 Å². The van der Waals surface area contributed by atoms with Gasteiger partial charge < -0.3 is 31.1 Å². The van der Waals surface area contributed by atoms with E-state index in [1.165, 1.54) is 5.56 Å². The minimum absolute atomic E-state index is 0.0972. The fourth-order valence-electron chi connectivity index (χ4n) is 2.02. The molecule has 3 rings (SSSR count). The van der Waals surface area contributed by atoms with Crippen molar-refractivity contribution in [1.82, 2.24) is 5.32 Å². The summed E-state index contributed by atoms with van der Waals surface area (Å²) in [5, 5.41) is 28.8. The second-order valence-electron chi connectivity index (χ2n) is 5.60. The summed E-state index contributed by atoms with van der Waals surface area (Å²) in [4.78, 5) is 0. The Kier molecular flexibility index (Phi) is 12.3. The average Bonchev–Trinajstić information content (AvgIpc) is 3.55. The number of aliphatic hydroxyl groups excluding tert-OH is 3. The predicted molar refractivity (Wildman–Crippen MR) is 103 cm³/mol. The second kappa shape index (κ2) is 14.4. The molecule has 2 aromatic carbocycles. The molecule has 0 aliphatic carbocycles. The van der Waals surface area contributed by atoms with Crippen molar-refractivity contribution < 1.29 is 20.1 Å². The number of nitrogens with two attached hydrogens (primary N) is 1. The van der Waals surface area contributed by atoms with Crippen LogP contribution in [0.15, 0.2) is 60.7 Å². The lowest BCUT2D eigenvalue weighted by Crippen LogP contribution is -2.24. The normalized spacial score (nSPS) is 15.8. The number of aliphatic hydroxyl groups is 3.